The van der Waals surface area contributed by atoms with E-state index in [1.54, 1.807) is 0 Å². The summed E-state index contributed by atoms with van der Waals surface area (Å²) in [7, 11) is 0. The van der Waals surface area contributed by atoms with Crippen LogP contribution in [0.3, 0.4) is 0 Å². The molecular weight excluding hydrogens is 570 g/mol. The Kier molecular flexibility index (Phi) is 10.6. The largest absolute Gasteiger partial charge is 0.416 e. The van der Waals surface area contributed by atoms with Gasteiger partial charge in [-0.2, -0.15) is 26.3 Å². The highest BCUT2D eigenvalue weighted by atomic mass is 19.4. The fourth-order valence-electron chi connectivity index (χ4n) is 6.53. The van der Waals surface area contributed by atoms with Crippen LogP contribution in [0.1, 0.15) is 92.6 Å². The third-order valence-electron chi connectivity index (χ3n) is 9.30. The van der Waals surface area contributed by atoms with Gasteiger partial charge in [-0.25, -0.2) is 0 Å². The van der Waals surface area contributed by atoms with E-state index in [0.717, 1.165) is 64.5 Å². The summed E-state index contributed by atoms with van der Waals surface area (Å²) < 4.78 is 79.7. The smallest absolute Gasteiger partial charge is 0.352 e. The van der Waals surface area contributed by atoms with Gasteiger partial charge in [-0.1, -0.05) is 42.9 Å². The van der Waals surface area contributed by atoms with E-state index in [2.05, 4.69) is 22.4 Å². The van der Waals surface area contributed by atoms with E-state index in [-0.39, 0.29) is 30.0 Å². The molecule has 1 saturated heterocycles. The summed E-state index contributed by atoms with van der Waals surface area (Å²) in [6.45, 7) is 3.74. The molecule has 1 spiro atoms. The molecule has 0 radical (unpaired) electrons. The zero-order chi connectivity index (χ0) is 31.3. The van der Waals surface area contributed by atoms with Crippen molar-refractivity contribution in [3.8, 4) is 0 Å². The first kappa shape index (κ1) is 33.0. The van der Waals surface area contributed by atoms with Crippen LogP contribution in [0.25, 0.3) is 0 Å². The van der Waals surface area contributed by atoms with E-state index in [1.807, 2.05) is 25.2 Å². The molecule has 43 heavy (non-hydrogen) atoms. The fourth-order valence-corrected chi connectivity index (χ4v) is 6.53. The predicted octanol–water partition coefficient (Wildman–Crippen LogP) is 8.30. The zero-order valence-electron chi connectivity index (χ0n) is 24.5. The molecule has 1 saturated carbocycles. The van der Waals surface area contributed by atoms with Crippen LogP contribution in [0.15, 0.2) is 54.2 Å². The maximum atomic E-state index is 13.3. The summed E-state index contributed by atoms with van der Waals surface area (Å²) >= 11 is 0. The lowest BCUT2D eigenvalue weighted by molar-refractivity contribution is -0.143. The molecule has 4 rings (SSSR count). The Hall–Kier alpha value is -2.88. The Bertz CT molecular complexity index is 1210. The van der Waals surface area contributed by atoms with Gasteiger partial charge >= 0.3 is 12.4 Å². The molecule has 2 fully saturated rings. The van der Waals surface area contributed by atoms with E-state index in [4.69, 9.17) is 0 Å². The third kappa shape index (κ3) is 9.06. The van der Waals surface area contributed by atoms with Gasteiger partial charge in [-0.05, 0) is 94.5 Å². The number of allylic oxidation sites excluding steroid dienone is 6. The maximum absolute atomic E-state index is 13.3. The van der Waals surface area contributed by atoms with Crippen molar-refractivity contribution >= 4 is 11.7 Å². The molecule has 0 bridgehead atoms. The number of ketones is 1. The SMILES string of the molecule is C[C@H]1CCC2(CCN(C(CCCC3=CC=CC=CC3)CCNC(=O)c3cc(C(F)(F)F)cc(C(F)(F)F)c3)CC2)CC1=O. The first-order valence-corrected chi connectivity index (χ1v) is 15.1. The van der Waals surface area contributed by atoms with Crippen LogP contribution in [0.5, 0.6) is 0 Å². The van der Waals surface area contributed by atoms with Crippen LogP contribution in [0.4, 0.5) is 26.3 Å². The molecule has 2 atom stereocenters. The number of nitrogens with one attached hydrogen (secondary N) is 1. The summed E-state index contributed by atoms with van der Waals surface area (Å²) in [5, 5.41) is 2.57. The van der Waals surface area contributed by atoms with Gasteiger partial charge in [0.2, 0.25) is 0 Å². The van der Waals surface area contributed by atoms with E-state index in [1.165, 1.54) is 5.57 Å². The highest BCUT2D eigenvalue weighted by molar-refractivity contribution is 5.94. The molecule has 1 aliphatic heterocycles. The molecular formula is C33H40F6N2O2. The summed E-state index contributed by atoms with van der Waals surface area (Å²) in [5.74, 6) is -0.515. The predicted molar refractivity (Wildman–Crippen MR) is 153 cm³/mol. The van der Waals surface area contributed by atoms with Crippen molar-refractivity contribution in [2.75, 3.05) is 19.6 Å². The number of alkyl halides is 6. The van der Waals surface area contributed by atoms with E-state index < -0.39 is 35.0 Å². The zero-order valence-corrected chi connectivity index (χ0v) is 24.5. The standard InChI is InChI=1S/C33H40F6N2O2/c1-23-11-13-31(22-29(23)42)14-17-41(18-15-31)28(10-6-9-24-7-4-2-3-5-8-24)12-16-40-30(43)25-19-26(32(34,35)36)21-27(20-25)33(37,38)39/h2-5,7,19-21,23,28H,6,8-18,22H2,1H3,(H,40,43)/t23-,28?/m0/s1. The molecule has 3 aliphatic rings. The van der Waals surface area contributed by atoms with Gasteiger partial charge in [0, 0.05) is 30.5 Å². The van der Waals surface area contributed by atoms with Crippen LogP contribution < -0.4 is 5.32 Å². The van der Waals surface area contributed by atoms with Crippen molar-refractivity contribution in [2.45, 2.75) is 89.5 Å². The number of amides is 1. The second kappa shape index (κ2) is 13.8. The summed E-state index contributed by atoms with van der Waals surface area (Å²) in [6, 6.07) is 1.02. The van der Waals surface area contributed by atoms with Gasteiger partial charge in [-0.3, -0.25) is 9.59 Å². The molecule has 1 aromatic carbocycles. The van der Waals surface area contributed by atoms with Gasteiger partial charge in [0.15, 0.2) is 0 Å². The van der Waals surface area contributed by atoms with Crippen molar-refractivity contribution in [1.29, 1.82) is 0 Å². The van der Waals surface area contributed by atoms with E-state index >= 15 is 0 Å². The van der Waals surface area contributed by atoms with Crippen molar-refractivity contribution in [1.82, 2.24) is 10.2 Å². The minimum Gasteiger partial charge on any atom is -0.352 e. The van der Waals surface area contributed by atoms with Gasteiger partial charge in [-0.15, -0.1) is 0 Å². The lowest BCUT2D eigenvalue weighted by Gasteiger charge is -2.47. The summed E-state index contributed by atoms with van der Waals surface area (Å²) in [4.78, 5) is 27.6. The Balaban J connectivity index is 1.40. The van der Waals surface area contributed by atoms with Gasteiger partial charge in [0.05, 0.1) is 11.1 Å². The van der Waals surface area contributed by atoms with E-state index in [0.29, 0.717) is 30.8 Å². The lowest BCUT2D eigenvalue weighted by atomic mass is 9.65. The number of nitrogens with zero attached hydrogens (tertiary/aromatic N) is 1. The number of likely N-dealkylation sites (tertiary alicyclic amines) is 1. The van der Waals surface area contributed by atoms with Gasteiger partial charge < -0.3 is 10.2 Å². The third-order valence-corrected chi connectivity index (χ3v) is 9.30. The molecule has 1 amide bonds. The Morgan fingerprint density at radius 3 is 2.28 bits per heavy atom. The average molecular weight is 611 g/mol. The van der Waals surface area contributed by atoms with Gasteiger partial charge in [0.25, 0.3) is 5.91 Å². The summed E-state index contributed by atoms with van der Waals surface area (Å²) in [5.41, 5.74) is -2.34. The highest BCUT2D eigenvalue weighted by Crippen LogP contribution is 2.45. The monoisotopic (exact) mass is 610 g/mol. The second-order valence-corrected chi connectivity index (χ2v) is 12.3. The Morgan fingerprint density at radius 1 is 0.977 bits per heavy atom. The minimum absolute atomic E-state index is 0.0196. The van der Waals surface area contributed by atoms with Crippen LogP contribution in [0, 0.1) is 11.3 Å². The molecule has 1 N–H and O–H groups in total. The fraction of sp³-hybridized carbons (Fsp3) is 0.576. The Labute approximate surface area is 249 Å². The Morgan fingerprint density at radius 2 is 1.65 bits per heavy atom. The molecule has 1 heterocycles. The van der Waals surface area contributed by atoms with Crippen molar-refractivity contribution in [3.05, 3.63) is 70.8 Å². The minimum atomic E-state index is -5.02. The quantitative estimate of drug-likeness (QED) is 0.286. The number of carbonyl (C=O) groups is 2. The molecule has 4 nitrogen and oxygen atoms in total. The maximum Gasteiger partial charge on any atom is 0.416 e. The average Bonchev–Trinajstić information content (AvgIpc) is 3.23. The number of hydrogen-bond acceptors (Lipinski definition) is 3. The number of carbonyl (C=O) groups excluding carboxylic acids is 2. The number of rotatable bonds is 9. The highest BCUT2D eigenvalue weighted by Gasteiger charge is 2.42. The molecule has 1 unspecified atom stereocenters. The normalized spacial score (nSPS) is 21.9. The second-order valence-electron chi connectivity index (χ2n) is 12.3. The number of hydrogen-bond donors (Lipinski definition) is 1. The van der Waals surface area contributed by atoms with Crippen molar-refractivity contribution in [2.24, 2.45) is 11.3 Å². The van der Waals surface area contributed by atoms with Crippen LogP contribution in [-0.4, -0.2) is 42.3 Å². The number of halogens is 6. The van der Waals surface area contributed by atoms with E-state index in [9.17, 15) is 35.9 Å². The topological polar surface area (TPSA) is 49.4 Å². The first-order chi connectivity index (χ1) is 20.3. The first-order valence-electron chi connectivity index (χ1n) is 15.1. The molecule has 10 heteroatoms. The molecule has 236 valence electrons. The van der Waals surface area contributed by atoms with Crippen LogP contribution >= 0.6 is 0 Å². The number of Topliss-reactive ketones (excluding diaryl/α,β-unsaturated/α-hetero) is 1. The van der Waals surface area contributed by atoms with Gasteiger partial charge in [0.1, 0.15) is 5.78 Å². The summed E-state index contributed by atoms with van der Waals surface area (Å²) in [6.07, 6.45) is 8.65. The lowest BCUT2D eigenvalue weighted by Crippen LogP contribution is -2.48. The molecule has 0 aromatic heterocycles. The van der Waals surface area contributed by atoms with Crippen molar-refractivity contribution < 1.29 is 35.9 Å². The number of piperidine rings is 1. The molecule has 2 aliphatic carbocycles. The molecule has 1 aromatic rings. The van der Waals surface area contributed by atoms with Crippen LogP contribution in [0.2, 0.25) is 0 Å². The number of benzene rings is 1. The van der Waals surface area contributed by atoms with Crippen molar-refractivity contribution in [3.63, 3.8) is 0 Å². The van der Waals surface area contributed by atoms with Crippen LogP contribution in [-0.2, 0) is 17.1 Å².